The van der Waals surface area contributed by atoms with Crippen LogP contribution in [0.5, 0.6) is 5.75 Å². The summed E-state index contributed by atoms with van der Waals surface area (Å²) >= 11 is 1.64. The van der Waals surface area contributed by atoms with Gasteiger partial charge in [-0.25, -0.2) is 4.98 Å². The molecule has 0 aliphatic heterocycles. The number of hydrogen-bond acceptors (Lipinski definition) is 4. The largest absolute Gasteiger partial charge is 0.497 e. The molecule has 0 spiro atoms. The van der Waals surface area contributed by atoms with Crippen molar-refractivity contribution in [2.75, 3.05) is 7.11 Å². The van der Waals surface area contributed by atoms with Crippen LogP contribution in [0, 0.1) is 6.92 Å². The van der Waals surface area contributed by atoms with Crippen LogP contribution in [0.4, 0.5) is 0 Å². The maximum absolute atomic E-state index is 5.21. The Bertz CT molecular complexity index is 724. The molecule has 4 heteroatoms. The van der Waals surface area contributed by atoms with Crippen LogP contribution in [-0.2, 0) is 0 Å². The summed E-state index contributed by atoms with van der Waals surface area (Å²) in [5.41, 5.74) is 3.67. The minimum absolute atomic E-state index is 0.778. The van der Waals surface area contributed by atoms with E-state index in [1.165, 1.54) is 0 Å². The second-order valence-electron chi connectivity index (χ2n) is 4.87. The molecule has 1 heterocycles. The molecular weight excluding hydrogens is 292 g/mol. The predicted octanol–water partition coefficient (Wildman–Crippen LogP) is 5.03. The molecule has 0 atom stereocenters. The Morgan fingerprint density at radius 1 is 1.32 bits per heavy atom. The normalized spacial score (nSPS) is 11.9. The van der Waals surface area contributed by atoms with Crippen molar-refractivity contribution < 1.29 is 4.74 Å². The van der Waals surface area contributed by atoms with Crippen molar-refractivity contribution in [1.82, 2.24) is 4.98 Å². The molecule has 2 aromatic rings. The summed E-state index contributed by atoms with van der Waals surface area (Å²) in [5, 5.41) is 1.01. The third-order valence-corrected chi connectivity index (χ3v) is 3.96. The van der Waals surface area contributed by atoms with Crippen molar-refractivity contribution in [1.29, 1.82) is 0 Å². The SMILES string of the molecule is C=C(C)N=C(/C=C\C)c1sc(C)nc1-c1ccc(OC)cc1. The van der Waals surface area contributed by atoms with Crippen LogP contribution < -0.4 is 4.74 Å². The van der Waals surface area contributed by atoms with Gasteiger partial charge in [-0.15, -0.1) is 11.3 Å². The molecule has 0 bridgehead atoms. The third-order valence-electron chi connectivity index (χ3n) is 2.97. The van der Waals surface area contributed by atoms with E-state index in [2.05, 4.69) is 16.6 Å². The molecule has 0 amide bonds. The average Bonchev–Trinajstić information content (AvgIpc) is 2.88. The minimum atomic E-state index is 0.778. The van der Waals surface area contributed by atoms with E-state index in [0.29, 0.717) is 0 Å². The van der Waals surface area contributed by atoms with Crippen molar-refractivity contribution >= 4 is 17.0 Å². The highest BCUT2D eigenvalue weighted by molar-refractivity contribution is 7.14. The molecule has 2 rings (SSSR count). The molecule has 0 radical (unpaired) electrons. The number of benzene rings is 1. The Balaban J connectivity index is 2.55. The number of nitrogens with zero attached hydrogens (tertiary/aromatic N) is 2. The second-order valence-corrected chi connectivity index (χ2v) is 6.07. The molecule has 3 nitrogen and oxygen atoms in total. The number of hydrogen-bond donors (Lipinski definition) is 0. The van der Waals surface area contributed by atoms with Crippen molar-refractivity contribution in [3.63, 3.8) is 0 Å². The smallest absolute Gasteiger partial charge is 0.118 e. The zero-order valence-electron chi connectivity index (χ0n) is 13.4. The highest BCUT2D eigenvalue weighted by Crippen LogP contribution is 2.30. The molecule has 114 valence electrons. The second kappa shape index (κ2) is 7.18. The van der Waals surface area contributed by atoms with E-state index in [0.717, 1.165) is 38.3 Å². The fourth-order valence-electron chi connectivity index (χ4n) is 2.07. The number of aryl methyl sites for hydroxylation is 1. The van der Waals surface area contributed by atoms with Crippen molar-refractivity contribution in [2.45, 2.75) is 20.8 Å². The van der Waals surface area contributed by atoms with Gasteiger partial charge in [0.05, 0.1) is 28.4 Å². The van der Waals surface area contributed by atoms with Gasteiger partial charge in [0, 0.05) is 11.3 Å². The van der Waals surface area contributed by atoms with Crippen LogP contribution in [0.2, 0.25) is 0 Å². The molecule has 0 aliphatic rings. The van der Waals surface area contributed by atoms with Gasteiger partial charge in [0.15, 0.2) is 0 Å². The topological polar surface area (TPSA) is 34.5 Å². The number of rotatable bonds is 5. The first-order chi connectivity index (χ1) is 10.5. The first-order valence-corrected chi connectivity index (χ1v) is 7.86. The van der Waals surface area contributed by atoms with E-state index in [1.54, 1.807) is 18.4 Å². The van der Waals surface area contributed by atoms with Crippen LogP contribution in [0.15, 0.2) is 53.7 Å². The van der Waals surface area contributed by atoms with Crippen LogP contribution in [-0.4, -0.2) is 17.8 Å². The van der Waals surface area contributed by atoms with Gasteiger partial charge in [-0.2, -0.15) is 0 Å². The average molecular weight is 312 g/mol. The lowest BCUT2D eigenvalue weighted by molar-refractivity contribution is 0.415. The Morgan fingerprint density at radius 3 is 2.55 bits per heavy atom. The summed E-state index contributed by atoms with van der Waals surface area (Å²) in [7, 11) is 1.66. The van der Waals surface area contributed by atoms with Gasteiger partial charge in [-0.3, -0.25) is 4.99 Å². The minimum Gasteiger partial charge on any atom is -0.497 e. The third kappa shape index (κ3) is 3.71. The van der Waals surface area contributed by atoms with Crippen LogP contribution in [0.25, 0.3) is 11.3 Å². The zero-order chi connectivity index (χ0) is 16.1. The van der Waals surface area contributed by atoms with E-state index >= 15 is 0 Å². The fourth-order valence-corrected chi connectivity index (χ4v) is 2.98. The Morgan fingerprint density at radius 2 is 2.00 bits per heavy atom. The van der Waals surface area contributed by atoms with Gasteiger partial charge >= 0.3 is 0 Å². The lowest BCUT2D eigenvalue weighted by atomic mass is 10.1. The molecule has 0 saturated heterocycles. The predicted molar refractivity (Wildman–Crippen MR) is 95.0 cm³/mol. The number of ether oxygens (including phenoxy) is 1. The number of allylic oxidation sites excluding steroid dienone is 3. The Kier molecular flexibility index (Phi) is 5.28. The Labute approximate surface area is 135 Å². The van der Waals surface area contributed by atoms with Gasteiger partial charge in [0.1, 0.15) is 5.75 Å². The monoisotopic (exact) mass is 312 g/mol. The van der Waals surface area contributed by atoms with E-state index in [9.17, 15) is 0 Å². The first-order valence-electron chi connectivity index (χ1n) is 7.04. The molecule has 1 aromatic carbocycles. The van der Waals surface area contributed by atoms with Crippen LogP contribution in [0.1, 0.15) is 23.7 Å². The quantitative estimate of drug-likeness (QED) is 0.726. The molecular formula is C18H20N2OS. The molecule has 0 saturated carbocycles. The molecule has 0 fully saturated rings. The lowest BCUT2D eigenvalue weighted by Gasteiger charge is -2.05. The van der Waals surface area contributed by atoms with Gasteiger partial charge in [0.2, 0.25) is 0 Å². The van der Waals surface area contributed by atoms with Crippen molar-refractivity contribution in [3.8, 4) is 17.0 Å². The van der Waals surface area contributed by atoms with Crippen LogP contribution >= 0.6 is 11.3 Å². The fraction of sp³-hybridized carbons (Fsp3) is 0.222. The molecule has 22 heavy (non-hydrogen) atoms. The summed E-state index contributed by atoms with van der Waals surface area (Å²) < 4.78 is 5.21. The lowest BCUT2D eigenvalue weighted by Crippen LogP contribution is -1.97. The van der Waals surface area contributed by atoms with Gasteiger partial charge < -0.3 is 4.74 Å². The highest BCUT2D eigenvalue weighted by Gasteiger charge is 2.15. The molecule has 0 aliphatic carbocycles. The maximum Gasteiger partial charge on any atom is 0.118 e. The number of aliphatic imine (C=N–C) groups is 1. The summed E-state index contributed by atoms with van der Waals surface area (Å²) in [6.07, 6.45) is 3.98. The van der Waals surface area contributed by atoms with Crippen molar-refractivity contribution in [3.05, 3.63) is 58.6 Å². The van der Waals surface area contributed by atoms with E-state index < -0.39 is 0 Å². The van der Waals surface area contributed by atoms with E-state index in [4.69, 9.17) is 4.74 Å². The van der Waals surface area contributed by atoms with Gasteiger partial charge in [-0.1, -0.05) is 12.7 Å². The number of aromatic nitrogens is 1. The Hall–Kier alpha value is -2.20. The van der Waals surface area contributed by atoms with E-state index in [1.807, 2.05) is 57.2 Å². The van der Waals surface area contributed by atoms with E-state index in [-0.39, 0.29) is 0 Å². The summed E-state index contributed by atoms with van der Waals surface area (Å²) in [5.74, 6) is 0.835. The molecule has 0 N–H and O–H groups in total. The molecule has 0 unspecified atom stereocenters. The molecule has 1 aromatic heterocycles. The van der Waals surface area contributed by atoms with Crippen LogP contribution in [0.3, 0.4) is 0 Å². The maximum atomic E-state index is 5.21. The number of methoxy groups -OCH3 is 1. The highest BCUT2D eigenvalue weighted by atomic mass is 32.1. The van der Waals surface area contributed by atoms with Crippen molar-refractivity contribution in [2.24, 2.45) is 4.99 Å². The van der Waals surface area contributed by atoms with Gasteiger partial charge in [0.25, 0.3) is 0 Å². The summed E-state index contributed by atoms with van der Waals surface area (Å²) in [6.45, 7) is 9.76. The first kappa shape index (κ1) is 16.2. The zero-order valence-corrected chi connectivity index (χ0v) is 14.2. The van der Waals surface area contributed by atoms with Gasteiger partial charge in [-0.05, 0) is 51.1 Å². The summed E-state index contributed by atoms with van der Waals surface area (Å²) in [4.78, 5) is 10.3. The standard InChI is InChI=1S/C18H20N2OS/c1-6-7-16(19-12(2)3)18-17(20-13(4)22-18)14-8-10-15(21-5)11-9-14/h6-11H,2H2,1,3-5H3/b7-6-,19-16?. The number of thiazole rings is 1. The summed E-state index contributed by atoms with van der Waals surface area (Å²) in [6, 6.07) is 7.92.